The number of aliphatic hydroxyl groups excluding tert-OH is 1. The van der Waals surface area contributed by atoms with Crippen molar-refractivity contribution in [3.63, 3.8) is 0 Å². The molecule has 0 bridgehead atoms. The maximum absolute atomic E-state index is 13.0. The van der Waals surface area contributed by atoms with Gasteiger partial charge in [0.2, 0.25) is 5.91 Å². The molecule has 0 spiro atoms. The number of piperidine rings is 1. The van der Waals surface area contributed by atoms with Crippen molar-refractivity contribution in [1.82, 2.24) is 9.88 Å². The Morgan fingerprint density at radius 1 is 1.32 bits per heavy atom. The summed E-state index contributed by atoms with van der Waals surface area (Å²) in [5.74, 6) is 0.856. The van der Waals surface area contributed by atoms with Crippen molar-refractivity contribution < 1.29 is 18.7 Å². The fraction of sp³-hybridized carbons (Fsp3) is 0.474. The Morgan fingerprint density at radius 3 is 2.88 bits per heavy atom. The van der Waals surface area contributed by atoms with Gasteiger partial charge in [-0.2, -0.15) is 0 Å². The molecule has 134 valence electrons. The van der Waals surface area contributed by atoms with Gasteiger partial charge in [-0.05, 0) is 49.9 Å². The standard InChI is InChI=1S/C19H23FN2O3/c20-15-6-4-14(5-7-15)17-13-21-18(25-17)8-9-19(24)22-11-2-1-3-16(22)10-12-23/h4-7,13,16,23H,1-3,8-12H2. The molecule has 1 unspecified atom stereocenters. The zero-order valence-electron chi connectivity index (χ0n) is 14.2. The summed E-state index contributed by atoms with van der Waals surface area (Å²) in [4.78, 5) is 18.6. The Kier molecular flexibility index (Phi) is 5.81. The third-order valence-electron chi connectivity index (χ3n) is 4.64. The minimum absolute atomic E-state index is 0.0830. The molecule has 1 aromatic carbocycles. The molecule has 0 aliphatic carbocycles. The second kappa shape index (κ2) is 8.25. The second-order valence-electron chi connectivity index (χ2n) is 6.37. The van der Waals surface area contributed by atoms with Crippen LogP contribution in [0.2, 0.25) is 0 Å². The minimum atomic E-state index is -0.298. The highest BCUT2D eigenvalue weighted by Gasteiger charge is 2.26. The smallest absolute Gasteiger partial charge is 0.223 e. The number of nitrogens with zero attached hydrogens (tertiary/aromatic N) is 2. The zero-order chi connectivity index (χ0) is 17.6. The topological polar surface area (TPSA) is 66.6 Å². The van der Waals surface area contributed by atoms with Crippen molar-refractivity contribution in [2.45, 2.75) is 44.6 Å². The van der Waals surface area contributed by atoms with E-state index in [0.717, 1.165) is 31.4 Å². The lowest BCUT2D eigenvalue weighted by atomic mass is 9.99. The molecule has 25 heavy (non-hydrogen) atoms. The number of carbonyl (C=O) groups is 1. The molecule has 5 nitrogen and oxygen atoms in total. The van der Waals surface area contributed by atoms with Gasteiger partial charge >= 0.3 is 0 Å². The molecule has 6 heteroatoms. The number of halogens is 1. The molecule has 1 aromatic heterocycles. The van der Waals surface area contributed by atoms with E-state index >= 15 is 0 Å². The highest BCUT2D eigenvalue weighted by molar-refractivity contribution is 5.76. The van der Waals surface area contributed by atoms with Crippen LogP contribution in [0, 0.1) is 5.82 Å². The summed E-state index contributed by atoms with van der Waals surface area (Å²) < 4.78 is 18.7. The largest absolute Gasteiger partial charge is 0.441 e. The van der Waals surface area contributed by atoms with E-state index in [2.05, 4.69) is 4.98 Å². The summed E-state index contributed by atoms with van der Waals surface area (Å²) >= 11 is 0. The lowest BCUT2D eigenvalue weighted by Crippen LogP contribution is -2.44. The fourth-order valence-electron chi connectivity index (χ4n) is 3.31. The van der Waals surface area contributed by atoms with Crippen molar-refractivity contribution in [3.05, 3.63) is 42.2 Å². The van der Waals surface area contributed by atoms with Crippen LogP contribution in [0.5, 0.6) is 0 Å². The molecule has 2 heterocycles. The fourth-order valence-corrected chi connectivity index (χ4v) is 3.31. The van der Waals surface area contributed by atoms with E-state index in [9.17, 15) is 9.18 Å². The summed E-state index contributed by atoms with van der Waals surface area (Å²) in [7, 11) is 0. The SMILES string of the molecule is O=C(CCc1ncc(-c2ccc(F)cc2)o1)N1CCCCC1CCO. The maximum atomic E-state index is 13.0. The van der Waals surface area contributed by atoms with Crippen molar-refractivity contribution in [1.29, 1.82) is 0 Å². The van der Waals surface area contributed by atoms with E-state index < -0.39 is 0 Å². The molecular weight excluding hydrogens is 323 g/mol. The molecule has 1 saturated heterocycles. The first-order valence-electron chi connectivity index (χ1n) is 8.78. The second-order valence-corrected chi connectivity index (χ2v) is 6.37. The first kappa shape index (κ1) is 17.6. The van der Waals surface area contributed by atoms with Gasteiger partial charge in [-0.25, -0.2) is 9.37 Å². The summed E-state index contributed by atoms with van der Waals surface area (Å²) in [6, 6.07) is 6.17. The van der Waals surface area contributed by atoms with Gasteiger partial charge in [-0.1, -0.05) is 0 Å². The molecule has 2 aromatic rings. The van der Waals surface area contributed by atoms with E-state index in [-0.39, 0.29) is 24.4 Å². The van der Waals surface area contributed by atoms with Crippen LogP contribution in [0.25, 0.3) is 11.3 Å². The average Bonchev–Trinajstić information content (AvgIpc) is 3.10. The minimum Gasteiger partial charge on any atom is -0.441 e. The van der Waals surface area contributed by atoms with Gasteiger partial charge in [-0.3, -0.25) is 4.79 Å². The Hall–Kier alpha value is -2.21. The zero-order valence-corrected chi connectivity index (χ0v) is 14.2. The number of likely N-dealkylation sites (tertiary alicyclic amines) is 1. The lowest BCUT2D eigenvalue weighted by molar-refractivity contribution is -0.135. The molecular formula is C19H23FN2O3. The number of aryl methyl sites for hydroxylation is 1. The van der Waals surface area contributed by atoms with Gasteiger partial charge in [0.25, 0.3) is 0 Å². The number of hydrogen-bond donors (Lipinski definition) is 1. The predicted octanol–water partition coefficient (Wildman–Crippen LogP) is 3.18. The summed E-state index contributed by atoms with van der Waals surface area (Å²) in [6.45, 7) is 0.866. The van der Waals surface area contributed by atoms with Crippen LogP contribution in [0.1, 0.15) is 38.0 Å². The van der Waals surface area contributed by atoms with Crippen molar-refractivity contribution in [3.8, 4) is 11.3 Å². The van der Waals surface area contributed by atoms with Gasteiger partial charge in [0.05, 0.1) is 6.20 Å². The van der Waals surface area contributed by atoms with Crippen molar-refractivity contribution in [2.75, 3.05) is 13.2 Å². The third-order valence-corrected chi connectivity index (χ3v) is 4.64. The van der Waals surface area contributed by atoms with Crippen LogP contribution < -0.4 is 0 Å². The van der Waals surface area contributed by atoms with E-state index in [4.69, 9.17) is 9.52 Å². The Labute approximate surface area is 146 Å². The molecule has 1 amide bonds. The quantitative estimate of drug-likeness (QED) is 0.872. The van der Waals surface area contributed by atoms with Crippen LogP contribution >= 0.6 is 0 Å². The van der Waals surface area contributed by atoms with E-state index in [1.54, 1.807) is 18.3 Å². The van der Waals surface area contributed by atoms with E-state index in [0.29, 0.717) is 30.9 Å². The normalized spacial score (nSPS) is 17.7. The van der Waals surface area contributed by atoms with Gasteiger partial charge in [0.1, 0.15) is 5.82 Å². The Balaban J connectivity index is 1.58. The van der Waals surface area contributed by atoms with Crippen LogP contribution in [0.15, 0.2) is 34.9 Å². The molecule has 1 N–H and O–H groups in total. The number of hydrogen-bond acceptors (Lipinski definition) is 4. The van der Waals surface area contributed by atoms with E-state index in [1.165, 1.54) is 12.1 Å². The van der Waals surface area contributed by atoms with E-state index in [1.807, 2.05) is 4.90 Å². The van der Waals surface area contributed by atoms with Crippen molar-refractivity contribution in [2.24, 2.45) is 0 Å². The predicted molar refractivity (Wildman–Crippen MR) is 91.3 cm³/mol. The Morgan fingerprint density at radius 2 is 2.12 bits per heavy atom. The van der Waals surface area contributed by atoms with Gasteiger partial charge in [0, 0.05) is 37.6 Å². The number of rotatable bonds is 6. The number of benzene rings is 1. The maximum Gasteiger partial charge on any atom is 0.223 e. The highest BCUT2D eigenvalue weighted by Crippen LogP contribution is 2.23. The number of amides is 1. The number of aromatic nitrogens is 1. The third kappa shape index (κ3) is 4.45. The average molecular weight is 346 g/mol. The number of oxazole rings is 1. The molecule has 1 aliphatic rings. The highest BCUT2D eigenvalue weighted by atomic mass is 19.1. The van der Waals surface area contributed by atoms with Crippen LogP contribution in [0.3, 0.4) is 0 Å². The molecule has 1 aliphatic heterocycles. The van der Waals surface area contributed by atoms with Gasteiger partial charge in [-0.15, -0.1) is 0 Å². The first-order valence-corrected chi connectivity index (χ1v) is 8.78. The molecule has 0 radical (unpaired) electrons. The summed E-state index contributed by atoms with van der Waals surface area (Å²) in [5, 5.41) is 9.17. The molecule has 0 saturated carbocycles. The van der Waals surface area contributed by atoms with Gasteiger partial charge < -0.3 is 14.4 Å². The Bertz CT molecular complexity index is 697. The molecule has 1 fully saturated rings. The number of carbonyl (C=O) groups excluding carboxylic acids is 1. The van der Waals surface area contributed by atoms with Gasteiger partial charge in [0.15, 0.2) is 11.7 Å². The first-order chi connectivity index (χ1) is 12.2. The summed E-state index contributed by atoms with van der Waals surface area (Å²) in [6.07, 6.45) is 6.09. The van der Waals surface area contributed by atoms with Crippen LogP contribution in [-0.2, 0) is 11.2 Å². The van der Waals surface area contributed by atoms with Crippen LogP contribution in [0.4, 0.5) is 4.39 Å². The summed E-state index contributed by atoms with van der Waals surface area (Å²) in [5.41, 5.74) is 0.755. The lowest BCUT2D eigenvalue weighted by Gasteiger charge is -2.35. The monoisotopic (exact) mass is 346 g/mol. The number of aliphatic hydroxyl groups is 1. The molecule has 3 rings (SSSR count). The van der Waals surface area contributed by atoms with Crippen LogP contribution in [-0.4, -0.2) is 40.1 Å². The molecule has 1 atom stereocenters. The van der Waals surface area contributed by atoms with Crippen molar-refractivity contribution >= 4 is 5.91 Å².